The summed E-state index contributed by atoms with van der Waals surface area (Å²) in [7, 11) is 0. The lowest BCUT2D eigenvalue weighted by atomic mass is 10.0. The van der Waals surface area contributed by atoms with Crippen molar-refractivity contribution in [3.8, 4) is 0 Å². The Morgan fingerprint density at radius 2 is 2.05 bits per heavy atom. The maximum atomic E-state index is 12.4. The molecule has 4 nitrogen and oxygen atoms in total. The third kappa shape index (κ3) is 2.78. The van der Waals surface area contributed by atoms with Crippen molar-refractivity contribution in [2.75, 3.05) is 11.4 Å². The van der Waals surface area contributed by atoms with Crippen molar-refractivity contribution in [3.63, 3.8) is 0 Å². The molecule has 1 fully saturated rings. The fourth-order valence-electron chi connectivity index (χ4n) is 2.51. The maximum Gasteiger partial charge on any atom is 0.250 e. The average Bonchev–Trinajstić information content (AvgIpc) is 2.34. The Kier molecular flexibility index (Phi) is 3.88. The Balaban J connectivity index is 2.31. The number of anilines is 1. The maximum absolute atomic E-state index is 12.4. The van der Waals surface area contributed by atoms with Crippen LogP contribution in [-0.2, 0) is 9.59 Å². The van der Waals surface area contributed by atoms with Gasteiger partial charge in [0.1, 0.15) is 12.6 Å². The van der Waals surface area contributed by atoms with Gasteiger partial charge in [-0.2, -0.15) is 0 Å². The summed E-state index contributed by atoms with van der Waals surface area (Å²) in [5.41, 5.74) is 3.02. The molecule has 1 N–H and O–H groups in total. The van der Waals surface area contributed by atoms with Gasteiger partial charge in [0.05, 0.1) is 0 Å². The first-order valence-electron chi connectivity index (χ1n) is 6.71. The minimum Gasteiger partial charge on any atom is -0.343 e. The molecule has 0 radical (unpaired) electrons. The van der Waals surface area contributed by atoms with Gasteiger partial charge in [0.2, 0.25) is 11.8 Å². The van der Waals surface area contributed by atoms with Gasteiger partial charge >= 0.3 is 0 Å². The highest BCUT2D eigenvalue weighted by Gasteiger charge is 2.33. The third-order valence-corrected chi connectivity index (χ3v) is 3.42. The highest BCUT2D eigenvalue weighted by Crippen LogP contribution is 2.23. The monoisotopic (exact) mass is 260 g/mol. The summed E-state index contributed by atoms with van der Waals surface area (Å²) in [5.74, 6) is -0.0913. The molecule has 0 bridgehead atoms. The standard InChI is InChI=1S/C15H20N2O2/c1-4-5-12-15(19)17(9-14(18)16-12)13-7-6-10(2)8-11(13)3/h6-8,12H,4-5,9H2,1-3H3,(H,16,18). The minimum atomic E-state index is -0.382. The van der Waals surface area contributed by atoms with E-state index in [-0.39, 0.29) is 24.4 Å². The van der Waals surface area contributed by atoms with E-state index in [0.29, 0.717) is 6.42 Å². The average molecular weight is 260 g/mol. The molecule has 2 rings (SSSR count). The molecular formula is C15H20N2O2. The Hall–Kier alpha value is -1.84. The van der Waals surface area contributed by atoms with Crippen molar-refractivity contribution in [2.24, 2.45) is 0 Å². The van der Waals surface area contributed by atoms with Gasteiger partial charge in [0.25, 0.3) is 0 Å². The number of rotatable bonds is 3. The third-order valence-electron chi connectivity index (χ3n) is 3.42. The van der Waals surface area contributed by atoms with Crippen LogP contribution in [0.3, 0.4) is 0 Å². The number of nitrogens with one attached hydrogen (secondary N) is 1. The van der Waals surface area contributed by atoms with E-state index in [4.69, 9.17) is 0 Å². The minimum absolute atomic E-state index is 0.00611. The van der Waals surface area contributed by atoms with E-state index in [0.717, 1.165) is 23.2 Å². The fraction of sp³-hybridized carbons (Fsp3) is 0.467. The van der Waals surface area contributed by atoms with Gasteiger partial charge in [0, 0.05) is 5.69 Å². The van der Waals surface area contributed by atoms with Crippen molar-refractivity contribution in [2.45, 2.75) is 39.7 Å². The summed E-state index contributed by atoms with van der Waals surface area (Å²) in [6.45, 7) is 6.11. The number of nitrogens with zero attached hydrogens (tertiary/aromatic N) is 1. The SMILES string of the molecule is CCCC1NC(=O)CN(c2ccc(C)cc2C)C1=O. The Morgan fingerprint density at radius 3 is 2.68 bits per heavy atom. The van der Waals surface area contributed by atoms with Gasteiger partial charge in [-0.3, -0.25) is 9.59 Å². The molecule has 4 heteroatoms. The second-order valence-corrected chi connectivity index (χ2v) is 5.12. The second-order valence-electron chi connectivity index (χ2n) is 5.12. The summed E-state index contributed by atoms with van der Waals surface area (Å²) in [5, 5.41) is 2.77. The van der Waals surface area contributed by atoms with Gasteiger partial charge in [-0.15, -0.1) is 0 Å². The molecule has 1 aromatic rings. The zero-order chi connectivity index (χ0) is 14.0. The van der Waals surface area contributed by atoms with Crippen LogP contribution in [0.4, 0.5) is 5.69 Å². The number of piperazine rings is 1. The van der Waals surface area contributed by atoms with Crippen LogP contribution in [0.1, 0.15) is 30.9 Å². The van der Waals surface area contributed by atoms with Gasteiger partial charge in [0.15, 0.2) is 0 Å². The van der Waals surface area contributed by atoms with E-state index in [1.807, 2.05) is 39.0 Å². The normalized spacial score (nSPS) is 19.5. The predicted molar refractivity (Wildman–Crippen MR) is 75.1 cm³/mol. The van der Waals surface area contributed by atoms with Crippen LogP contribution >= 0.6 is 0 Å². The highest BCUT2D eigenvalue weighted by molar-refractivity contribution is 6.06. The molecule has 0 aliphatic carbocycles. The summed E-state index contributed by atoms with van der Waals surface area (Å²) < 4.78 is 0. The summed E-state index contributed by atoms with van der Waals surface area (Å²) in [6.07, 6.45) is 1.56. The van der Waals surface area contributed by atoms with Gasteiger partial charge in [-0.1, -0.05) is 31.0 Å². The molecule has 19 heavy (non-hydrogen) atoms. The van der Waals surface area contributed by atoms with Gasteiger partial charge < -0.3 is 10.2 Å². The molecule has 0 spiro atoms. The topological polar surface area (TPSA) is 49.4 Å². The number of amides is 2. The number of aryl methyl sites for hydroxylation is 2. The first-order chi connectivity index (χ1) is 9.02. The molecule has 1 unspecified atom stereocenters. The smallest absolute Gasteiger partial charge is 0.250 e. The van der Waals surface area contributed by atoms with Crippen LogP contribution in [0, 0.1) is 13.8 Å². The van der Waals surface area contributed by atoms with E-state index in [1.54, 1.807) is 4.90 Å². The molecule has 1 heterocycles. The van der Waals surface area contributed by atoms with E-state index in [2.05, 4.69) is 5.32 Å². The zero-order valence-electron chi connectivity index (χ0n) is 11.7. The predicted octanol–water partition coefficient (Wildman–Crippen LogP) is 1.93. The van der Waals surface area contributed by atoms with E-state index in [1.165, 1.54) is 0 Å². The molecule has 1 aliphatic heterocycles. The molecule has 1 saturated heterocycles. The molecule has 0 saturated carbocycles. The first-order valence-corrected chi connectivity index (χ1v) is 6.71. The lowest BCUT2D eigenvalue weighted by Gasteiger charge is -2.33. The lowest BCUT2D eigenvalue weighted by Crippen LogP contribution is -2.58. The van der Waals surface area contributed by atoms with Crippen molar-refractivity contribution < 1.29 is 9.59 Å². The Labute approximate surface area is 113 Å². The number of benzene rings is 1. The molecule has 1 aliphatic rings. The van der Waals surface area contributed by atoms with Crippen LogP contribution in [0.15, 0.2) is 18.2 Å². The van der Waals surface area contributed by atoms with Crippen LogP contribution in [-0.4, -0.2) is 24.4 Å². The second kappa shape index (κ2) is 5.43. The highest BCUT2D eigenvalue weighted by atomic mass is 16.2. The van der Waals surface area contributed by atoms with Gasteiger partial charge in [-0.05, 0) is 31.9 Å². The molecule has 1 atom stereocenters. The number of hydrogen-bond donors (Lipinski definition) is 1. The molecule has 2 amide bonds. The van der Waals surface area contributed by atoms with Crippen molar-refractivity contribution in [1.29, 1.82) is 0 Å². The summed E-state index contributed by atoms with van der Waals surface area (Å²) >= 11 is 0. The van der Waals surface area contributed by atoms with E-state index in [9.17, 15) is 9.59 Å². The number of carbonyl (C=O) groups excluding carboxylic acids is 2. The van der Waals surface area contributed by atoms with Crippen molar-refractivity contribution >= 4 is 17.5 Å². The van der Waals surface area contributed by atoms with Crippen LogP contribution < -0.4 is 10.2 Å². The van der Waals surface area contributed by atoms with E-state index < -0.39 is 0 Å². The summed E-state index contributed by atoms with van der Waals surface area (Å²) in [4.78, 5) is 25.8. The number of carbonyl (C=O) groups is 2. The molecular weight excluding hydrogens is 240 g/mol. The number of hydrogen-bond acceptors (Lipinski definition) is 2. The first kappa shape index (κ1) is 13.6. The summed E-state index contributed by atoms with van der Waals surface area (Å²) in [6, 6.07) is 5.54. The zero-order valence-corrected chi connectivity index (χ0v) is 11.7. The lowest BCUT2D eigenvalue weighted by molar-refractivity contribution is -0.131. The molecule has 1 aromatic carbocycles. The fourth-order valence-corrected chi connectivity index (χ4v) is 2.51. The van der Waals surface area contributed by atoms with E-state index >= 15 is 0 Å². The molecule has 102 valence electrons. The Morgan fingerprint density at radius 1 is 1.32 bits per heavy atom. The largest absolute Gasteiger partial charge is 0.343 e. The van der Waals surface area contributed by atoms with Gasteiger partial charge in [-0.25, -0.2) is 0 Å². The van der Waals surface area contributed by atoms with Crippen LogP contribution in [0.5, 0.6) is 0 Å². The quantitative estimate of drug-likeness (QED) is 0.903. The van der Waals surface area contributed by atoms with Crippen LogP contribution in [0.2, 0.25) is 0 Å². The van der Waals surface area contributed by atoms with Crippen LogP contribution in [0.25, 0.3) is 0 Å². The molecule has 0 aromatic heterocycles. The van der Waals surface area contributed by atoms with Crippen molar-refractivity contribution in [1.82, 2.24) is 5.32 Å². The van der Waals surface area contributed by atoms with Crippen molar-refractivity contribution in [3.05, 3.63) is 29.3 Å². The Bertz CT molecular complexity index is 511.